The van der Waals surface area contributed by atoms with Gasteiger partial charge in [0.05, 0.1) is 6.04 Å². The Morgan fingerprint density at radius 1 is 1.60 bits per heavy atom. The summed E-state index contributed by atoms with van der Waals surface area (Å²) in [5, 5.41) is 2.14. The number of nitrogens with zero attached hydrogens (tertiary/aromatic N) is 1. The molecule has 0 saturated carbocycles. The van der Waals surface area contributed by atoms with Crippen LogP contribution in [0.5, 0.6) is 0 Å². The van der Waals surface area contributed by atoms with Crippen molar-refractivity contribution in [2.24, 2.45) is 11.7 Å². The van der Waals surface area contributed by atoms with Gasteiger partial charge in [-0.15, -0.1) is 11.3 Å². The van der Waals surface area contributed by atoms with Crippen LogP contribution in [-0.2, 0) is 0 Å². The minimum absolute atomic E-state index is 0.435. The smallest absolute Gasteiger partial charge is 0.0566 e. The SMILES string of the molecule is CC1CC(C)N(C(CN)c2cccs2)C1. The van der Waals surface area contributed by atoms with Gasteiger partial charge in [-0.3, -0.25) is 4.90 Å². The third-order valence-corrected chi connectivity index (χ3v) is 4.30. The molecule has 0 bridgehead atoms. The molecule has 0 aliphatic carbocycles. The maximum absolute atomic E-state index is 5.92. The predicted molar refractivity (Wildman–Crippen MR) is 66.1 cm³/mol. The molecule has 1 aromatic heterocycles. The summed E-state index contributed by atoms with van der Waals surface area (Å²) in [4.78, 5) is 3.98. The molecule has 0 radical (unpaired) electrons. The second kappa shape index (κ2) is 4.64. The molecule has 0 spiro atoms. The lowest BCUT2D eigenvalue weighted by molar-refractivity contribution is 0.195. The Morgan fingerprint density at radius 3 is 2.87 bits per heavy atom. The summed E-state index contributed by atoms with van der Waals surface area (Å²) < 4.78 is 0. The van der Waals surface area contributed by atoms with E-state index in [0.717, 1.165) is 12.5 Å². The molecule has 1 aromatic rings. The van der Waals surface area contributed by atoms with Crippen LogP contribution < -0.4 is 5.73 Å². The van der Waals surface area contributed by atoms with Gasteiger partial charge in [-0.05, 0) is 30.7 Å². The monoisotopic (exact) mass is 224 g/mol. The second-order valence-corrected chi connectivity index (χ2v) is 5.63. The van der Waals surface area contributed by atoms with E-state index in [-0.39, 0.29) is 0 Å². The fourth-order valence-corrected chi connectivity index (χ4v) is 3.52. The molecule has 0 amide bonds. The second-order valence-electron chi connectivity index (χ2n) is 4.65. The van der Waals surface area contributed by atoms with E-state index in [1.165, 1.54) is 17.8 Å². The summed E-state index contributed by atoms with van der Waals surface area (Å²) in [5.41, 5.74) is 5.92. The van der Waals surface area contributed by atoms with Crippen molar-refractivity contribution < 1.29 is 0 Å². The molecule has 2 nitrogen and oxygen atoms in total. The van der Waals surface area contributed by atoms with Gasteiger partial charge in [-0.25, -0.2) is 0 Å². The number of rotatable bonds is 3. The van der Waals surface area contributed by atoms with Crippen molar-refractivity contribution in [3.63, 3.8) is 0 Å². The molecule has 84 valence electrons. The van der Waals surface area contributed by atoms with Gasteiger partial charge in [-0.1, -0.05) is 13.0 Å². The average molecular weight is 224 g/mol. The lowest BCUT2D eigenvalue weighted by atomic mass is 10.1. The van der Waals surface area contributed by atoms with Crippen LogP contribution in [0.25, 0.3) is 0 Å². The van der Waals surface area contributed by atoms with Crippen molar-refractivity contribution in [2.75, 3.05) is 13.1 Å². The van der Waals surface area contributed by atoms with Crippen molar-refractivity contribution in [2.45, 2.75) is 32.4 Å². The van der Waals surface area contributed by atoms with E-state index in [4.69, 9.17) is 5.73 Å². The summed E-state index contributed by atoms with van der Waals surface area (Å²) in [5.74, 6) is 0.814. The Hall–Kier alpha value is -0.380. The highest BCUT2D eigenvalue weighted by molar-refractivity contribution is 7.10. The van der Waals surface area contributed by atoms with Crippen LogP contribution in [0.3, 0.4) is 0 Å². The van der Waals surface area contributed by atoms with E-state index in [1.807, 2.05) is 11.3 Å². The van der Waals surface area contributed by atoms with Crippen molar-refractivity contribution >= 4 is 11.3 Å². The first kappa shape index (κ1) is 11.1. The van der Waals surface area contributed by atoms with E-state index >= 15 is 0 Å². The van der Waals surface area contributed by atoms with Gasteiger partial charge in [-0.2, -0.15) is 0 Å². The molecule has 1 aliphatic heterocycles. The molecule has 0 aromatic carbocycles. The average Bonchev–Trinajstić information content (AvgIpc) is 2.79. The van der Waals surface area contributed by atoms with Gasteiger partial charge in [0.2, 0.25) is 0 Å². The summed E-state index contributed by atoms with van der Waals surface area (Å²) in [6.07, 6.45) is 1.31. The van der Waals surface area contributed by atoms with Gasteiger partial charge < -0.3 is 5.73 Å². The molecular formula is C12H20N2S. The van der Waals surface area contributed by atoms with Gasteiger partial charge in [0, 0.05) is 24.0 Å². The Bertz CT molecular complexity index is 297. The van der Waals surface area contributed by atoms with Crippen molar-refractivity contribution in [1.82, 2.24) is 4.90 Å². The molecule has 3 atom stereocenters. The Balaban J connectivity index is 2.13. The number of thiophene rings is 1. The van der Waals surface area contributed by atoms with Crippen LogP contribution in [-0.4, -0.2) is 24.0 Å². The summed E-state index contributed by atoms with van der Waals surface area (Å²) in [7, 11) is 0. The molecule has 1 fully saturated rings. The zero-order valence-corrected chi connectivity index (χ0v) is 10.3. The summed E-state index contributed by atoms with van der Waals surface area (Å²) >= 11 is 1.82. The third-order valence-electron chi connectivity index (χ3n) is 3.33. The van der Waals surface area contributed by atoms with E-state index in [2.05, 4.69) is 36.3 Å². The first-order chi connectivity index (χ1) is 7.22. The van der Waals surface area contributed by atoms with Crippen LogP contribution >= 0.6 is 11.3 Å². The maximum Gasteiger partial charge on any atom is 0.0566 e. The summed E-state index contributed by atoms with van der Waals surface area (Å²) in [6, 6.07) is 5.44. The minimum atomic E-state index is 0.435. The van der Waals surface area contributed by atoms with E-state index in [0.29, 0.717) is 12.1 Å². The Labute approximate surface area is 96.1 Å². The molecule has 2 N–H and O–H groups in total. The first-order valence-electron chi connectivity index (χ1n) is 5.71. The molecule has 2 rings (SSSR count). The molecule has 1 aliphatic rings. The zero-order valence-electron chi connectivity index (χ0n) is 9.52. The molecule has 3 heteroatoms. The van der Waals surface area contributed by atoms with Gasteiger partial charge in [0.25, 0.3) is 0 Å². The molecule has 3 unspecified atom stereocenters. The van der Waals surface area contributed by atoms with E-state index in [1.54, 1.807) is 0 Å². The van der Waals surface area contributed by atoms with Gasteiger partial charge >= 0.3 is 0 Å². The fourth-order valence-electron chi connectivity index (χ4n) is 2.66. The highest BCUT2D eigenvalue weighted by Gasteiger charge is 2.32. The van der Waals surface area contributed by atoms with Gasteiger partial charge in [0.1, 0.15) is 0 Å². The van der Waals surface area contributed by atoms with Crippen LogP contribution in [0.1, 0.15) is 31.2 Å². The zero-order chi connectivity index (χ0) is 10.8. The molecular weight excluding hydrogens is 204 g/mol. The van der Waals surface area contributed by atoms with Crippen molar-refractivity contribution in [3.05, 3.63) is 22.4 Å². The highest BCUT2D eigenvalue weighted by Crippen LogP contribution is 2.33. The number of nitrogens with two attached hydrogens (primary N) is 1. The number of hydrogen-bond acceptors (Lipinski definition) is 3. The molecule has 2 heterocycles. The maximum atomic E-state index is 5.92. The lowest BCUT2D eigenvalue weighted by Crippen LogP contribution is -2.35. The quantitative estimate of drug-likeness (QED) is 0.854. The normalized spacial score (nSPS) is 29.5. The molecule has 1 saturated heterocycles. The van der Waals surface area contributed by atoms with Gasteiger partial charge in [0.15, 0.2) is 0 Å². The predicted octanol–water partition coefficient (Wildman–Crippen LogP) is 2.48. The topological polar surface area (TPSA) is 29.3 Å². The number of likely N-dealkylation sites (tertiary alicyclic amines) is 1. The van der Waals surface area contributed by atoms with Crippen molar-refractivity contribution in [3.8, 4) is 0 Å². The third kappa shape index (κ3) is 2.25. The standard InChI is InChI=1S/C12H20N2S/c1-9-6-10(2)14(8-9)11(7-13)12-4-3-5-15-12/h3-5,9-11H,6-8,13H2,1-2H3. The Kier molecular flexibility index (Phi) is 3.44. The van der Waals surface area contributed by atoms with Crippen LogP contribution in [0, 0.1) is 5.92 Å². The minimum Gasteiger partial charge on any atom is -0.329 e. The fraction of sp³-hybridized carbons (Fsp3) is 0.667. The lowest BCUT2D eigenvalue weighted by Gasteiger charge is -2.29. The van der Waals surface area contributed by atoms with Crippen molar-refractivity contribution in [1.29, 1.82) is 0 Å². The van der Waals surface area contributed by atoms with E-state index in [9.17, 15) is 0 Å². The summed E-state index contributed by atoms with van der Waals surface area (Å²) in [6.45, 7) is 6.58. The number of hydrogen-bond donors (Lipinski definition) is 1. The molecule has 15 heavy (non-hydrogen) atoms. The van der Waals surface area contributed by atoms with Crippen LogP contribution in [0.2, 0.25) is 0 Å². The first-order valence-corrected chi connectivity index (χ1v) is 6.59. The van der Waals surface area contributed by atoms with Crippen LogP contribution in [0.15, 0.2) is 17.5 Å². The highest BCUT2D eigenvalue weighted by atomic mass is 32.1. The largest absolute Gasteiger partial charge is 0.329 e. The van der Waals surface area contributed by atoms with E-state index < -0.39 is 0 Å². The Morgan fingerprint density at radius 2 is 2.40 bits per heavy atom. The van der Waals surface area contributed by atoms with Crippen LogP contribution in [0.4, 0.5) is 0 Å².